The number of sulfonamides is 1. The number of anilines is 1. The van der Waals surface area contributed by atoms with Gasteiger partial charge in [-0.25, -0.2) is 13.2 Å². The van der Waals surface area contributed by atoms with Crippen LogP contribution in [-0.4, -0.2) is 58.5 Å². The Kier molecular flexibility index (Phi) is 7.93. The van der Waals surface area contributed by atoms with Crippen LogP contribution < -0.4 is 14.8 Å². The van der Waals surface area contributed by atoms with E-state index in [1.165, 1.54) is 30.7 Å². The highest BCUT2D eigenvalue weighted by molar-refractivity contribution is 7.89. The molecule has 0 bridgehead atoms. The molecule has 1 amide bonds. The molecule has 0 aromatic heterocycles. The Morgan fingerprint density at radius 1 is 1.00 bits per heavy atom. The maximum atomic E-state index is 13.0. The van der Waals surface area contributed by atoms with Crippen LogP contribution in [0.3, 0.4) is 0 Å². The van der Waals surface area contributed by atoms with Gasteiger partial charge in [0.2, 0.25) is 15.9 Å². The highest BCUT2D eigenvalue weighted by atomic mass is 32.2. The topological polar surface area (TPSA) is 111 Å². The normalized spacial score (nSPS) is 15.0. The van der Waals surface area contributed by atoms with Crippen LogP contribution in [-0.2, 0) is 19.6 Å². The number of hydrogen-bond acceptors (Lipinski definition) is 7. The number of esters is 1. The van der Waals surface area contributed by atoms with Gasteiger partial charge in [0, 0.05) is 30.8 Å². The van der Waals surface area contributed by atoms with E-state index >= 15 is 0 Å². The van der Waals surface area contributed by atoms with Gasteiger partial charge in [-0.15, -0.1) is 0 Å². The fourth-order valence-electron chi connectivity index (χ4n) is 3.63. The van der Waals surface area contributed by atoms with Gasteiger partial charge in [-0.05, 0) is 56.2 Å². The number of nitrogens with zero attached hydrogens (tertiary/aromatic N) is 1. The summed E-state index contributed by atoms with van der Waals surface area (Å²) in [4.78, 5) is 24.5. The van der Waals surface area contributed by atoms with Crippen LogP contribution >= 0.6 is 0 Å². The van der Waals surface area contributed by atoms with Gasteiger partial charge in [0.1, 0.15) is 0 Å². The molecular formula is C23H28N2O7S. The Labute approximate surface area is 193 Å². The first-order valence-corrected chi connectivity index (χ1v) is 12.0. The lowest BCUT2D eigenvalue weighted by Crippen LogP contribution is -2.41. The van der Waals surface area contributed by atoms with E-state index in [1.807, 2.05) is 0 Å². The van der Waals surface area contributed by atoms with Crippen LogP contribution in [0.5, 0.6) is 11.5 Å². The summed E-state index contributed by atoms with van der Waals surface area (Å²) in [6.45, 7) is 2.49. The number of ether oxygens (including phenoxy) is 3. The van der Waals surface area contributed by atoms with Gasteiger partial charge in [0.25, 0.3) is 0 Å². The van der Waals surface area contributed by atoms with E-state index in [0.717, 1.165) is 0 Å². The fourth-order valence-corrected chi connectivity index (χ4v) is 5.12. The van der Waals surface area contributed by atoms with E-state index in [9.17, 15) is 18.0 Å². The summed E-state index contributed by atoms with van der Waals surface area (Å²) < 4.78 is 42.8. The summed E-state index contributed by atoms with van der Waals surface area (Å²) in [5.74, 6) is -0.129. The maximum absolute atomic E-state index is 13.0. The number of benzene rings is 2. The quantitative estimate of drug-likeness (QED) is 0.583. The zero-order chi connectivity index (χ0) is 24.0. The second kappa shape index (κ2) is 10.7. The van der Waals surface area contributed by atoms with Crippen LogP contribution in [0.1, 0.15) is 30.1 Å². The minimum atomic E-state index is -3.72. The third-order valence-corrected chi connectivity index (χ3v) is 7.38. The molecule has 0 radical (unpaired) electrons. The third kappa shape index (κ3) is 5.63. The number of rotatable bonds is 8. The summed E-state index contributed by atoms with van der Waals surface area (Å²) in [5.41, 5.74) is 0.969. The molecule has 1 heterocycles. The molecule has 0 atom stereocenters. The van der Waals surface area contributed by atoms with E-state index < -0.39 is 16.0 Å². The van der Waals surface area contributed by atoms with Crippen LogP contribution in [0, 0.1) is 5.92 Å². The molecule has 0 saturated carbocycles. The van der Waals surface area contributed by atoms with Gasteiger partial charge >= 0.3 is 5.97 Å². The van der Waals surface area contributed by atoms with Gasteiger partial charge in [0.15, 0.2) is 11.5 Å². The van der Waals surface area contributed by atoms with E-state index in [2.05, 4.69) is 5.32 Å². The lowest BCUT2D eigenvalue weighted by atomic mass is 9.97. The van der Waals surface area contributed by atoms with Crippen LogP contribution in [0.4, 0.5) is 5.69 Å². The van der Waals surface area contributed by atoms with Crippen molar-refractivity contribution >= 4 is 27.6 Å². The highest BCUT2D eigenvalue weighted by Gasteiger charge is 2.32. The number of hydrogen-bond donors (Lipinski definition) is 1. The Bertz CT molecular complexity index is 1090. The third-order valence-electron chi connectivity index (χ3n) is 5.48. The van der Waals surface area contributed by atoms with Crippen molar-refractivity contribution in [2.24, 2.45) is 5.92 Å². The van der Waals surface area contributed by atoms with Crippen LogP contribution in [0.15, 0.2) is 47.4 Å². The molecule has 0 unspecified atom stereocenters. The molecular weight excluding hydrogens is 448 g/mol. The SMILES string of the molecule is CCOC(=O)c1ccc(NC(=O)C2CCN(S(=O)(=O)c3ccc(OC)c(OC)c3)CC2)cc1. The lowest BCUT2D eigenvalue weighted by Gasteiger charge is -2.30. The second-order valence-electron chi connectivity index (χ2n) is 7.48. The van der Waals surface area contributed by atoms with E-state index in [1.54, 1.807) is 37.3 Å². The molecule has 1 fully saturated rings. The van der Waals surface area contributed by atoms with Crippen molar-refractivity contribution in [1.82, 2.24) is 4.31 Å². The van der Waals surface area contributed by atoms with E-state index in [-0.39, 0.29) is 36.4 Å². The van der Waals surface area contributed by atoms with Gasteiger partial charge in [0.05, 0.1) is 31.3 Å². The average Bonchev–Trinajstić information content (AvgIpc) is 2.84. The summed E-state index contributed by atoms with van der Waals surface area (Å²) in [6, 6.07) is 10.9. The van der Waals surface area contributed by atoms with Crippen molar-refractivity contribution in [3.05, 3.63) is 48.0 Å². The minimum absolute atomic E-state index is 0.116. The summed E-state index contributed by atoms with van der Waals surface area (Å²) in [7, 11) is -0.793. The summed E-state index contributed by atoms with van der Waals surface area (Å²) in [5, 5.41) is 2.83. The predicted molar refractivity (Wildman–Crippen MR) is 122 cm³/mol. The van der Waals surface area contributed by atoms with Crippen molar-refractivity contribution < 1.29 is 32.2 Å². The summed E-state index contributed by atoms with van der Waals surface area (Å²) in [6.07, 6.45) is 0.804. The predicted octanol–water partition coefficient (Wildman–Crippen LogP) is 2.92. The van der Waals surface area contributed by atoms with Gasteiger partial charge < -0.3 is 19.5 Å². The Balaban J connectivity index is 1.60. The lowest BCUT2D eigenvalue weighted by molar-refractivity contribution is -0.120. The van der Waals surface area contributed by atoms with Crippen molar-refractivity contribution in [2.45, 2.75) is 24.7 Å². The van der Waals surface area contributed by atoms with Crippen molar-refractivity contribution in [1.29, 1.82) is 0 Å². The largest absolute Gasteiger partial charge is 0.493 e. The molecule has 1 N–H and O–H groups in total. The fraction of sp³-hybridized carbons (Fsp3) is 0.391. The molecule has 2 aromatic rings. The molecule has 1 aliphatic heterocycles. The Hall–Kier alpha value is -3.11. The zero-order valence-corrected chi connectivity index (χ0v) is 19.7. The van der Waals surface area contributed by atoms with E-state index in [0.29, 0.717) is 35.6 Å². The first-order chi connectivity index (χ1) is 15.8. The minimum Gasteiger partial charge on any atom is -0.493 e. The number of carbonyl (C=O) groups is 2. The van der Waals surface area contributed by atoms with Crippen LogP contribution in [0.25, 0.3) is 0 Å². The molecule has 178 valence electrons. The number of amides is 1. The molecule has 2 aromatic carbocycles. The van der Waals surface area contributed by atoms with Gasteiger partial charge in [-0.1, -0.05) is 0 Å². The zero-order valence-electron chi connectivity index (χ0n) is 18.9. The molecule has 0 spiro atoms. The van der Waals surface area contributed by atoms with Crippen molar-refractivity contribution in [2.75, 3.05) is 39.2 Å². The number of nitrogens with one attached hydrogen (secondary N) is 1. The molecule has 33 heavy (non-hydrogen) atoms. The summed E-state index contributed by atoms with van der Waals surface area (Å²) >= 11 is 0. The number of methoxy groups -OCH3 is 2. The smallest absolute Gasteiger partial charge is 0.338 e. The van der Waals surface area contributed by atoms with E-state index in [4.69, 9.17) is 14.2 Å². The maximum Gasteiger partial charge on any atom is 0.338 e. The molecule has 9 nitrogen and oxygen atoms in total. The number of carbonyl (C=O) groups excluding carboxylic acids is 2. The highest BCUT2D eigenvalue weighted by Crippen LogP contribution is 2.32. The second-order valence-corrected chi connectivity index (χ2v) is 9.42. The molecule has 10 heteroatoms. The Morgan fingerprint density at radius 3 is 2.21 bits per heavy atom. The van der Waals surface area contributed by atoms with Gasteiger partial charge in [-0.3, -0.25) is 4.79 Å². The molecule has 3 rings (SSSR count). The van der Waals surface area contributed by atoms with Crippen LogP contribution in [0.2, 0.25) is 0 Å². The van der Waals surface area contributed by atoms with Gasteiger partial charge in [-0.2, -0.15) is 4.31 Å². The van der Waals surface area contributed by atoms with Crippen molar-refractivity contribution in [3.63, 3.8) is 0 Å². The molecule has 0 aliphatic carbocycles. The standard InChI is InChI=1S/C23H28N2O7S/c1-4-32-23(27)17-5-7-18(8-6-17)24-22(26)16-11-13-25(14-12-16)33(28,29)19-9-10-20(30-2)21(15-19)31-3/h5-10,15-16H,4,11-14H2,1-3H3,(H,24,26). The first kappa shape index (κ1) is 24.5. The monoisotopic (exact) mass is 476 g/mol. The Morgan fingerprint density at radius 2 is 1.64 bits per heavy atom. The first-order valence-electron chi connectivity index (χ1n) is 10.6. The molecule has 1 saturated heterocycles. The average molecular weight is 477 g/mol. The number of piperidine rings is 1. The molecule has 1 aliphatic rings. The van der Waals surface area contributed by atoms with Crippen molar-refractivity contribution in [3.8, 4) is 11.5 Å².